The van der Waals surface area contributed by atoms with Crippen LogP contribution >= 0.6 is 0 Å². The maximum absolute atomic E-state index is 9.96. The van der Waals surface area contributed by atoms with Crippen LogP contribution in [-0.4, -0.2) is 18.1 Å². The van der Waals surface area contributed by atoms with E-state index >= 15 is 0 Å². The molecule has 0 aliphatic rings. The molecule has 15 heavy (non-hydrogen) atoms. The molecule has 3 N–H and O–H groups in total. The average Bonchev–Trinajstić information content (AvgIpc) is 2.60. The second-order valence-corrected chi connectivity index (χ2v) is 3.36. The predicted octanol–water partition coefficient (Wildman–Crippen LogP) is 1.47. The maximum Gasteiger partial charge on any atom is 0.293 e. The highest BCUT2D eigenvalue weighted by molar-refractivity contribution is 5.83. The first-order valence-electron chi connectivity index (χ1n) is 4.72. The van der Waals surface area contributed by atoms with E-state index in [1.54, 1.807) is 0 Å². The zero-order chi connectivity index (χ0) is 10.7. The summed E-state index contributed by atoms with van der Waals surface area (Å²) in [5.74, 6) is 0. The SMILES string of the molecule is Nc1ccc2cc(CCOC=O)[nH]c2c1. The van der Waals surface area contributed by atoms with Crippen LogP contribution in [0.25, 0.3) is 10.9 Å². The van der Waals surface area contributed by atoms with Crippen molar-refractivity contribution in [3.05, 3.63) is 30.0 Å². The van der Waals surface area contributed by atoms with Crippen molar-refractivity contribution in [2.24, 2.45) is 0 Å². The Labute approximate surface area is 87.0 Å². The average molecular weight is 204 g/mol. The molecular formula is C11H12N2O2. The first kappa shape index (κ1) is 9.58. The summed E-state index contributed by atoms with van der Waals surface area (Å²) in [6, 6.07) is 7.75. The van der Waals surface area contributed by atoms with Crippen LogP contribution in [-0.2, 0) is 16.0 Å². The van der Waals surface area contributed by atoms with Crippen molar-refractivity contribution in [2.75, 3.05) is 12.3 Å². The minimum Gasteiger partial charge on any atom is -0.467 e. The highest BCUT2D eigenvalue weighted by Crippen LogP contribution is 2.18. The number of benzene rings is 1. The topological polar surface area (TPSA) is 68.1 Å². The number of anilines is 1. The largest absolute Gasteiger partial charge is 0.467 e. The van der Waals surface area contributed by atoms with Crippen LogP contribution in [0.3, 0.4) is 0 Å². The number of hydrogen-bond acceptors (Lipinski definition) is 3. The fourth-order valence-corrected chi connectivity index (χ4v) is 1.56. The Hall–Kier alpha value is -1.97. The lowest BCUT2D eigenvalue weighted by molar-refractivity contribution is -0.128. The van der Waals surface area contributed by atoms with Gasteiger partial charge in [0.15, 0.2) is 0 Å². The highest BCUT2D eigenvalue weighted by atomic mass is 16.5. The minimum atomic E-state index is 0.395. The fraction of sp³-hybridized carbons (Fsp3) is 0.182. The molecule has 4 heteroatoms. The fourth-order valence-electron chi connectivity index (χ4n) is 1.56. The zero-order valence-corrected chi connectivity index (χ0v) is 8.19. The van der Waals surface area contributed by atoms with Gasteiger partial charge in [-0.3, -0.25) is 4.79 Å². The number of nitrogen functional groups attached to an aromatic ring is 1. The van der Waals surface area contributed by atoms with E-state index in [-0.39, 0.29) is 0 Å². The first-order chi connectivity index (χ1) is 7.29. The van der Waals surface area contributed by atoms with E-state index in [2.05, 4.69) is 9.72 Å². The number of carbonyl (C=O) groups excluding carboxylic acids is 1. The lowest BCUT2D eigenvalue weighted by Gasteiger charge is -1.95. The number of aromatic amines is 1. The van der Waals surface area contributed by atoms with Crippen molar-refractivity contribution in [2.45, 2.75) is 6.42 Å². The number of nitrogens with one attached hydrogen (secondary N) is 1. The van der Waals surface area contributed by atoms with E-state index in [0.29, 0.717) is 19.5 Å². The molecule has 0 saturated carbocycles. The van der Waals surface area contributed by atoms with Crippen molar-refractivity contribution < 1.29 is 9.53 Å². The molecule has 0 aliphatic carbocycles. The smallest absolute Gasteiger partial charge is 0.293 e. The third-order valence-corrected chi connectivity index (χ3v) is 2.26. The van der Waals surface area contributed by atoms with Crippen LogP contribution in [0.4, 0.5) is 5.69 Å². The monoisotopic (exact) mass is 204 g/mol. The van der Waals surface area contributed by atoms with E-state index < -0.39 is 0 Å². The number of carbonyl (C=O) groups is 1. The summed E-state index contributed by atoms with van der Waals surface area (Å²) in [5, 5.41) is 1.12. The number of H-pyrrole nitrogens is 1. The molecule has 0 amide bonds. The Bertz CT molecular complexity index is 476. The summed E-state index contributed by atoms with van der Waals surface area (Å²) in [6.45, 7) is 0.854. The summed E-state index contributed by atoms with van der Waals surface area (Å²) in [6.07, 6.45) is 0.688. The summed E-state index contributed by atoms with van der Waals surface area (Å²) in [5.41, 5.74) is 8.45. The number of fused-ring (bicyclic) bond motifs is 1. The highest BCUT2D eigenvalue weighted by Gasteiger charge is 2.00. The van der Waals surface area contributed by atoms with Crippen molar-refractivity contribution in [3.8, 4) is 0 Å². The first-order valence-corrected chi connectivity index (χ1v) is 4.72. The molecule has 1 heterocycles. The minimum absolute atomic E-state index is 0.395. The lowest BCUT2D eigenvalue weighted by Crippen LogP contribution is -1.96. The van der Waals surface area contributed by atoms with Gasteiger partial charge in [0.2, 0.25) is 0 Å². The summed E-state index contributed by atoms with van der Waals surface area (Å²) in [7, 11) is 0. The second kappa shape index (κ2) is 4.04. The molecule has 0 radical (unpaired) electrons. The van der Waals surface area contributed by atoms with Gasteiger partial charge in [-0.05, 0) is 23.6 Å². The molecule has 0 atom stereocenters. The Balaban J connectivity index is 2.19. The van der Waals surface area contributed by atoms with Crippen molar-refractivity contribution in [1.82, 2.24) is 4.98 Å². The van der Waals surface area contributed by atoms with Crippen LogP contribution in [0.5, 0.6) is 0 Å². The van der Waals surface area contributed by atoms with Gasteiger partial charge in [0, 0.05) is 23.3 Å². The van der Waals surface area contributed by atoms with Gasteiger partial charge in [-0.2, -0.15) is 0 Å². The molecule has 0 aliphatic heterocycles. The Morgan fingerprint density at radius 3 is 3.07 bits per heavy atom. The van der Waals surface area contributed by atoms with E-state index in [1.807, 2.05) is 24.3 Å². The van der Waals surface area contributed by atoms with Gasteiger partial charge in [-0.25, -0.2) is 0 Å². The van der Waals surface area contributed by atoms with Gasteiger partial charge >= 0.3 is 0 Å². The quantitative estimate of drug-likeness (QED) is 0.450. The molecule has 1 aromatic carbocycles. The Morgan fingerprint density at radius 1 is 1.40 bits per heavy atom. The van der Waals surface area contributed by atoms with Crippen LogP contribution in [0.1, 0.15) is 5.69 Å². The van der Waals surface area contributed by atoms with E-state index in [1.165, 1.54) is 0 Å². The zero-order valence-electron chi connectivity index (χ0n) is 8.19. The van der Waals surface area contributed by atoms with Gasteiger partial charge in [0.1, 0.15) is 0 Å². The number of aromatic nitrogens is 1. The molecule has 0 unspecified atom stereocenters. The van der Waals surface area contributed by atoms with Gasteiger partial charge in [-0.1, -0.05) is 6.07 Å². The number of nitrogens with two attached hydrogens (primary N) is 1. The van der Waals surface area contributed by atoms with Crippen LogP contribution < -0.4 is 5.73 Å². The number of ether oxygens (including phenoxy) is 1. The summed E-state index contributed by atoms with van der Waals surface area (Å²) >= 11 is 0. The molecule has 0 saturated heterocycles. The van der Waals surface area contributed by atoms with Crippen LogP contribution in [0, 0.1) is 0 Å². The second-order valence-electron chi connectivity index (χ2n) is 3.36. The van der Waals surface area contributed by atoms with Crippen molar-refractivity contribution in [1.29, 1.82) is 0 Å². The van der Waals surface area contributed by atoms with E-state index in [4.69, 9.17) is 5.73 Å². The Morgan fingerprint density at radius 2 is 2.27 bits per heavy atom. The van der Waals surface area contributed by atoms with E-state index in [9.17, 15) is 4.79 Å². The summed E-state index contributed by atoms with van der Waals surface area (Å²) in [4.78, 5) is 13.2. The van der Waals surface area contributed by atoms with Crippen molar-refractivity contribution >= 4 is 23.1 Å². The lowest BCUT2D eigenvalue weighted by atomic mass is 10.2. The number of hydrogen-bond donors (Lipinski definition) is 2. The standard InChI is InChI=1S/C11H12N2O2/c12-9-2-1-8-5-10(3-4-15-7-14)13-11(8)6-9/h1-2,5-7,13H,3-4,12H2. The van der Waals surface area contributed by atoms with Crippen molar-refractivity contribution in [3.63, 3.8) is 0 Å². The molecule has 0 fully saturated rings. The van der Waals surface area contributed by atoms with Gasteiger partial charge < -0.3 is 15.5 Å². The molecular weight excluding hydrogens is 192 g/mol. The molecule has 0 bridgehead atoms. The summed E-state index contributed by atoms with van der Waals surface area (Å²) < 4.78 is 4.63. The Kier molecular flexibility index (Phi) is 2.58. The maximum atomic E-state index is 9.96. The van der Waals surface area contributed by atoms with E-state index in [0.717, 1.165) is 22.3 Å². The molecule has 1 aromatic heterocycles. The number of rotatable bonds is 4. The van der Waals surface area contributed by atoms with Gasteiger partial charge in [0.05, 0.1) is 6.61 Å². The molecule has 78 valence electrons. The normalized spacial score (nSPS) is 10.4. The molecule has 0 spiro atoms. The predicted molar refractivity (Wildman–Crippen MR) is 58.4 cm³/mol. The molecule has 2 aromatic rings. The third-order valence-electron chi connectivity index (χ3n) is 2.26. The molecule has 2 rings (SSSR count). The van der Waals surface area contributed by atoms with Crippen LogP contribution in [0.15, 0.2) is 24.3 Å². The van der Waals surface area contributed by atoms with Gasteiger partial charge in [-0.15, -0.1) is 0 Å². The van der Waals surface area contributed by atoms with Gasteiger partial charge in [0.25, 0.3) is 6.47 Å². The molecule has 4 nitrogen and oxygen atoms in total. The third kappa shape index (κ3) is 2.10. The van der Waals surface area contributed by atoms with Crippen LogP contribution in [0.2, 0.25) is 0 Å².